The van der Waals surface area contributed by atoms with Crippen LogP contribution in [-0.4, -0.2) is 9.97 Å². The van der Waals surface area contributed by atoms with Gasteiger partial charge in [0.05, 0.1) is 11.4 Å². The van der Waals surface area contributed by atoms with Gasteiger partial charge in [-0.15, -0.1) is 0 Å². The number of hydrogen-bond donors (Lipinski definition) is 0. The molecule has 0 aliphatic rings. The molecule has 4 rings (SSSR count). The maximum atomic E-state index is 5.11. The first-order valence-corrected chi connectivity index (χ1v) is 19.5. The van der Waals surface area contributed by atoms with E-state index < -0.39 is 0 Å². The average molecular weight is 726 g/mol. The monoisotopic (exact) mass is 724 g/mol. The molecule has 0 aliphatic heterocycles. The van der Waals surface area contributed by atoms with Gasteiger partial charge in [0, 0.05) is 16.8 Å². The van der Waals surface area contributed by atoms with Gasteiger partial charge in [0.1, 0.15) is 4.60 Å². The Labute approximate surface area is 309 Å². The molecule has 0 unspecified atom stereocenters. The topological polar surface area (TPSA) is 25.8 Å². The molecule has 2 nitrogen and oxygen atoms in total. The number of benzene rings is 2. The third-order valence-corrected chi connectivity index (χ3v) is 9.87. The third-order valence-electron chi connectivity index (χ3n) is 9.43. The normalized spacial score (nSPS) is 12.1. The Bertz CT molecular complexity index is 1610. The van der Waals surface area contributed by atoms with Crippen molar-refractivity contribution in [1.82, 2.24) is 9.97 Å². The first-order chi connectivity index (χ1) is 22.8. The molecule has 4 aromatic rings. The molecule has 0 aliphatic carbocycles. The fourth-order valence-electron chi connectivity index (χ4n) is 6.31. The van der Waals surface area contributed by atoms with Gasteiger partial charge in [-0.05, 0) is 127 Å². The lowest BCUT2D eigenvalue weighted by Gasteiger charge is -2.23. The van der Waals surface area contributed by atoms with E-state index >= 15 is 0 Å². The SMILES string of the molecule is CC(C)c1cc(C(C)C)c(-c2cccc(Br)n2)c(C(C)C)c1.CC(C)c1cc(C(C)C)c(-c2cccc(CCC(C)(C)C)n2)c(C(C)C)c1. The molecule has 0 saturated heterocycles. The Balaban J connectivity index is 0.000000271. The van der Waals surface area contributed by atoms with E-state index in [1.807, 2.05) is 6.07 Å². The second-order valence-corrected chi connectivity index (χ2v) is 17.8. The second kappa shape index (κ2) is 17.4. The number of halogens is 1. The highest BCUT2D eigenvalue weighted by molar-refractivity contribution is 9.10. The minimum atomic E-state index is 0.336. The largest absolute Gasteiger partial charge is 0.253 e. The van der Waals surface area contributed by atoms with E-state index in [1.165, 1.54) is 50.2 Å². The van der Waals surface area contributed by atoms with E-state index in [0.29, 0.717) is 40.9 Å². The van der Waals surface area contributed by atoms with Crippen LogP contribution < -0.4 is 0 Å². The van der Waals surface area contributed by atoms with Crippen LogP contribution in [0.15, 0.2) is 65.3 Å². The van der Waals surface area contributed by atoms with Crippen molar-refractivity contribution in [2.45, 2.75) is 152 Å². The summed E-state index contributed by atoms with van der Waals surface area (Å²) in [7, 11) is 0. The quantitative estimate of drug-likeness (QED) is 0.152. The van der Waals surface area contributed by atoms with Crippen LogP contribution in [0.2, 0.25) is 0 Å². The molecule has 0 N–H and O–H groups in total. The van der Waals surface area contributed by atoms with Gasteiger partial charge in [-0.3, -0.25) is 4.98 Å². The molecule has 0 bridgehead atoms. The molecule has 2 aromatic carbocycles. The first kappa shape index (κ1) is 40.6. The fourth-order valence-corrected chi connectivity index (χ4v) is 6.66. The molecule has 0 radical (unpaired) electrons. The standard InChI is InChI=1S/C26H39N.C20H26BrN/c1-17(2)20-15-22(18(3)4)25(23(16-20)19(5)6)24-12-10-11-21(27-24)13-14-26(7,8)9;1-12(2)15-10-16(13(3)4)20(17(11-15)14(5)6)18-8-7-9-19(21)22-18/h10-12,15-19H,13-14H2,1-9H3;7-14H,1-6H3. The zero-order chi connectivity index (χ0) is 36.8. The predicted octanol–water partition coefficient (Wildman–Crippen LogP) is 15.0. The maximum absolute atomic E-state index is 5.11. The van der Waals surface area contributed by atoms with Crippen LogP contribution >= 0.6 is 15.9 Å². The minimum absolute atomic E-state index is 0.336. The summed E-state index contributed by atoms with van der Waals surface area (Å²) in [5.41, 5.74) is 15.0. The molecule has 2 heterocycles. The van der Waals surface area contributed by atoms with E-state index in [1.54, 1.807) is 0 Å². The van der Waals surface area contributed by atoms with E-state index in [4.69, 9.17) is 9.97 Å². The highest BCUT2D eigenvalue weighted by Crippen LogP contribution is 2.40. The lowest BCUT2D eigenvalue weighted by atomic mass is 9.83. The van der Waals surface area contributed by atoms with Crippen LogP contribution in [0.25, 0.3) is 22.5 Å². The molecular formula is C46H65BrN2. The van der Waals surface area contributed by atoms with Gasteiger partial charge in [-0.2, -0.15) is 0 Å². The molecule has 0 amide bonds. The van der Waals surface area contributed by atoms with E-state index in [2.05, 4.69) is 174 Å². The van der Waals surface area contributed by atoms with Gasteiger partial charge in [0.15, 0.2) is 0 Å². The van der Waals surface area contributed by atoms with Crippen LogP contribution in [0.1, 0.15) is 185 Å². The van der Waals surface area contributed by atoms with Gasteiger partial charge in [0.2, 0.25) is 0 Å². The summed E-state index contributed by atoms with van der Waals surface area (Å²) in [6.07, 6.45) is 2.19. The Morgan fingerprint density at radius 1 is 0.510 bits per heavy atom. The highest BCUT2D eigenvalue weighted by atomic mass is 79.9. The summed E-state index contributed by atoms with van der Waals surface area (Å²) >= 11 is 3.51. The van der Waals surface area contributed by atoms with Crippen molar-refractivity contribution in [2.75, 3.05) is 0 Å². The maximum Gasteiger partial charge on any atom is 0.106 e. The molecule has 266 valence electrons. The molecule has 0 atom stereocenters. The number of nitrogens with zero attached hydrogens (tertiary/aromatic N) is 2. The van der Waals surface area contributed by atoms with Crippen LogP contribution in [0.3, 0.4) is 0 Å². The van der Waals surface area contributed by atoms with Gasteiger partial charge in [-0.1, -0.05) is 140 Å². The van der Waals surface area contributed by atoms with Crippen molar-refractivity contribution in [3.05, 3.63) is 104 Å². The molecule has 3 heteroatoms. The van der Waals surface area contributed by atoms with Gasteiger partial charge >= 0.3 is 0 Å². The Morgan fingerprint density at radius 3 is 1.20 bits per heavy atom. The summed E-state index contributed by atoms with van der Waals surface area (Å²) in [6.45, 7) is 34.3. The fraction of sp³-hybridized carbons (Fsp3) is 0.522. The Kier molecular flexibility index (Phi) is 14.5. The molecule has 0 fully saturated rings. The smallest absolute Gasteiger partial charge is 0.106 e. The average Bonchev–Trinajstić information content (AvgIpc) is 3.02. The van der Waals surface area contributed by atoms with Crippen molar-refractivity contribution >= 4 is 15.9 Å². The van der Waals surface area contributed by atoms with Crippen molar-refractivity contribution in [2.24, 2.45) is 5.41 Å². The van der Waals surface area contributed by atoms with Crippen LogP contribution in [0, 0.1) is 5.41 Å². The lowest BCUT2D eigenvalue weighted by Crippen LogP contribution is -2.08. The van der Waals surface area contributed by atoms with E-state index in [-0.39, 0.29) is 0 Å². The molecule has 2 aromatic heterocycles. The zero-order valence-electron chi connectivity index (χ0n) is 33.4. The summed E-state index contributed by atoms with van der Waals surface area (Å²) < 4.78 is 0.891. The number of hydrogen-bond acceptors (Lipinski definition) is 2. The predicted molar refractivity (Wildman–Crippen MR) is 219 cm³/mol. The zero-order valence-corrected chi connectivity index (χ0v) is 35.0. The number of pyridine rings is 2. The first-order valence-electron chi connectivity index (χ1n) is 18.7. The summed E-state index contributed by atoms with van der Waals surface area (Å²) in [6, 6.07) is 22.3. The van der Waals surface area contributed by atoms with Crippen molar-refractivity contribution in [1.29, 1.82) is 0 Å². The van der Waals surface area contributed by atoms with Crippen LogP contribution in [0.5, 0.6) is 0 Å². The van der Waals surface area contributed by atoms with E-state index in [0.717, 1.165) is 28.8 Å². The lowest BCUT2D eigenvalue weighted by molar-refractivity contribution is 0.376. The number of aryl methyl sites for hydroxylation is 1. The second-order valence-electron chi connectivity index (χ2n) is 17.0. The van der Waals surface area contributed by atoms with E-state index in [9.17, 15) is 0 Å². The number of rotatable bonds is 10. The number of aromatic nitrogens is 2. The summed E-state index contributed by atoms with van der Waals surface area (Å²) in [5.74, 6) is 3.01. The highest BCUT2D eigenvalue weighted by Gasteiger charge is 2.21. The van der Waals surface area contributed by atoms with Crippen molar-refractivity contribution in [3.8, 4) is 22.5 Å². The van der Waals surface area contributed by atoms with Gasteiger partial charge < -0.3 is 0 Å². The van der Waals surface area contributed by atoms with Crippen LogP contribution in [0.4, 0.5) is 0 Å². The molecule has 0 spiro atoms. The summed E-state index contributed by atoms with van der Waals surface area (Å²) in [4.78, 5) is 9.83. The Morgan fingerprint density at radius 2 is 0.878 bits per heavy atom. The molecule has 0 saturated carbocycles. The van der Waals surface area contributed by atoms with Crippen molar-refractivity contribution in [3.63, 3.8) is 0 Å². The van der Waals surface area contributed by atoms with Crippen LogP contribution in [-0.2, 0) is 6.42 Å². The summed E-state index contributed by atoms with van der Waals surface area (Å²) in [5, 5.41) is 0. The van der Waals surface area contributed by atoms with Gasteiger partial charge in [-0.25, -0.2) is 4.98 Å². The third kappa shape index (κ3) is 11.1. The Hall–Kier alpha value is -2.78. The molecule has 49 heavy (non-hydrogen) atoms. The van der Waals surface area contributed by atoms with Crippen molar-refractivity contribution < 1.29 is 0 Å². The molecular weight excluding hydrogens is 660 g/mol. The minimum Gasteiger partial charge on any atom is -0.253 e. The van der Waals surface area contributed by atoms with Gasteiger partial charge in [0.25, 0.3) is 0 Å².